The van der Waals surface area contributed by atoms with E-state index in [1.165, 1.54) is 14.2 Å². The van der Waals surface area contributed by atoms with Crippen LogP contribution in [0.3, 0.4) is 0 Å². The Morgan fingerprint density at radius 2 is 1.93 bits per heavy atom. The first-order valence-electron chi connectivity index (χ1n) is 9.95. The van der Waals surface area contributed by atoms with E-state index in [9.17, 15) is 13.2 Å². The zero-order valence-corrected chi connectivity index (χ0v) is 16.9. The van der Waals surface area contributed by atoms with Crippen LogP contribution in [-0.4, -0.2) is 36.2 Å². The number of nitrogens with one attached hydrogen (secondary N) is 2. The Bertz CT molecular complexity index is 925. The molecule has 0 saturated heterocycles. The highest BCUT2D eigenvalue weighted by Gasteiger charge is 2.46. The summed E-state index contributed by atoms with van der Waals surface area (Å²) in [5.41, 5.74) is 0.696. The molecule has 0 spiro atoms. The second-order valence-corrected chi connectivity index (χ2v) is 7.59. The van der Waals surface area contributed by atoms with Gasteiger partial charge in [0.2, 0.25) is 0 Å². The molecule has 1 aromatic heterocycles. The maximum Gasteiger partial charge on any atom is 0.410 e. The predicted molar refractivity (Wildman–Crippen MR) is 108 cm³/mol. The van der Waals surface area contributed by atoms with Gasteiger partial charge in [0.1, 0.15) is 11.6 Å². The van der Waals surface area contributed by atoms with Gasteiger partial charge in [0.05, 0.1) is 20.3 Å². The lowest BCUT2D eigenvalue weighted by Gasteiger charge is -2.33. The van der Waals surface area contributed by atoms with E-state index in [2.05, 4.69) is 27.9 Å². The lowest BCUT2D eigenvalue weighted by molar-refractivity contribution is -0.173. The van der Waals surface area contributed by atoms with E-state index in [4.69, 9.17) is 9.47 Å². The van der Waals surface area contributed by atoms with Crippen molar-refractivity contribution in [1.29, 1.82) is 0 Å². The van der Waals surface area contributed by atoms with Crippen LogP contribution in [0.5, 0.6) is 11.5 Å². The number of rotatable bonds is 5. The number of alkyl halides is 3. The maximum atomic E-state index is 13.9. The monoisotopic (exact) mass is 422 g/mol. The van der Waals surface area contributed by atoms with Crippen molar-refractivity contribution in [2.24, 2.45) is 0 Å². The quantitative estimate of drug-likeness (QED) is 0.658. The molecule has 6 nitrogen and oxygen atoms in total. The molecular weight excluding hydrogens is 397 g/mol. The Balaban J connectivity index is 1.63. The molecule has 3 atom stereocenters. The number of benzene rings is 1. The van der Waals surface area contributed by atoms with Crippen molar-refractivity contribution in [3.63, 3.8) is 0 Å². The smallest absolute Gasteiger partial charge is 0.410 e. The molecule has 4 rings (SSSR count). The minimum absolute atomic E-state index is 0.167. The van der Waals surface area contributed by atoms with E-state index < -0.39 is 18.3 Å². The fourth-order valence-electron chi connectivity index (χ4n) is 4.07. The first-order valence-corrected chi connectivity index (χ1v) is 9.95. The van der Waals surface area contributed by atoms with E-state index in [1.54, 1.807) is 24.3 Å². The van der Waals surface area contributed by atoms with Crippen LogP contribution in [0.2, 0.25) is 0 Å². The Hall–Kier alpha value is -2.84. The largest absolute Gasteiger partial charge is 0.493 e. The summed E-state index contributed by atoms with van der Waals surface area (Å²) in [6.45, 7) is 0. The molecule has 1 aromatic carbocycles. The molecule has 0 bridgehead atoms. The molecule has 2 aromatic rings. The van der Waals surface area contributed by atoms with E-state index in [-0.39, 0.29) is 12.5 Å². The van der Waals surface area contributed by atoms with Crippen molar-refractivity contribution in [2.75, 3.05) is 24.9 Å². The normalized spacial score (nSPS) is 23.4. The first-order chi connectivity index (χ1) is 14.4. The Morgan fingerprint density at radius 3 is 2.60 bits per heavy atom. The van der Waals surface area contributed by atoms with Crippen LogP contribution in [0, 0.1) is 0 Å². The summed E-state index contributed by atoms with van der Waals surface area (Å²) in [5.74, 6) is 1.81. The van der Waals surface area contributed by atoms with Gasteiger partial charge in [0.25, 0.3) is 0 Å². The molecule has 2 N–H and O–H groups in total. The fraction of sp³-hybridized carbons (Fsp3) is 0.476. The molecule has 1 aliphatic heterocycles. The molecular formula is C21H25F3N4O2. The SMILES string of the molecule is COc1ccc(C2CC(C(F)(F)F)n3nc(NC4CC=CCC4)cc3N2)cc1OC. The van der Waals surface area contributed by atoms with Crippen LogP contribution in [0.1, 0.15) is 43.3 Å². The van der Waals surface area contributed by atoms with Gasteiger partial charge in [-0.2, -0.15) is 18.3 Å². The fourth-order valence-corrected chi connectivity index (χ4v) is 4.07. The molecule has 162 valence electrons. The predicted octanol–water partition coefficient (Wildman–Crippen LogP) is 5.08. The molecule has 0 saturated carbocycles. The zero-order chi connectivity index (χ0) is 21.3. The molecule has 9 heteroatoms. The summed E-state index contributed by atoms with van der Waals surface area (Å²) >= 11 is 0. The maximum absolute atomic E-state index is 13.9. The van der Waals surface area contributed by atoms with Crippen LogP contribution in [-0.2, 0) is 0 Å². The lowest BCUT2D eigenvalue weighted by atomic mass is 9.96. The van der Waals surface area contributed by atoms with E-state index in [0.29, 0.717) is 28.7 Å². The number of hydrogen-bond acceptors (Lipinski definition) is 5. The minimum Gasteiger partial charge on any atom is -0.493 e. The number of aromatic nitrogens is 2. The average Bonchev–Trinajstić information content (AvgIpc) is 3.14. The number of nitrogens with zero attached hydrogens (tertiary/aromatic N) is 2. The molecule has 3 unspecified atom stereocenters. The van der Waals surface area contributed by atoms with Gasteiger partial charge < -0.3 is 20.1 Å². The van der Waals surface area contributed by atoms with Crippen molar-refractivity contribution in [3.05, 3.63) is 42.0 Å². The Labute approximate surface area is 173 Å². The van der Waals surface area contributed by atoms with Crippen LogP contribution in [0.15, 0.2) is 36.4 Å². The highest BCUT2D eigenvalue weighted by molar-refractivity contribution is 5.53. The number of hydrogen-bond donors (Lipinski definition) is 2. The number of halogens is 3. The Morgan fingerprint density at radius 1 is 1.13 bits per heavy atom. The minimum atomic E-state index is -4.41. The van der Waals surface area contributed by atoms with Gasteiger partial charge in [0.15, 0.2) is 17.5 Å². The van der Waals surface area contributed by atoms with Gasteiger partial charge >= 0.3 is 6.18 Å². The van der Waals surface area contributed by atoms with Crippen LogP contribution < -0.4 is 20.1 Å². The summed E-state index contributed by atoms with van der Waals surface area (Å²) in [4.78, 5) is 0. The van der Waals surface area contributed by atoms with Gasteiger partial charge in [-0.3, -0.25) is 0 Å². The summed E-state index contributed by atoms with van der Waals surface area (Å²) in [5, 5.41) is 10.7. The molecule has 2 aliphatic rings. The van der Waals surface area contributed by atoms with Crippen molar-refractivity contribution >= 4 is 11.6 Å². The number of ether oxygens (including phenoxy) is 2. The van der Waals surface area contributed by atoms with E-state index in [0.717, 1.165) is 23.9 Å². The van der Waals surface area contributed by atoms with Crippen LogP contribution >= 0.6 is 0 Å². The van der Waals surface area contributed by atoms with E-state index in [1.807, 2.05) is 0 Å². The summed E-state index contributed by atoms with van der Waals surface area (Å²) < 4.78 is 53.2. The van der Waals surface area contributed by atoms with Crippen molar-refractivity contribution in [1.82, 2.24) is 9.78 Å². The van der Waals surface area contributed by atoms with Crippen molar-refractivity contribution in [2.45, 2.75) is 50.0 Å². The van der Waals surface area contributed by atoms with Crippen LogP contribution in [0.25, 0.3) is 0 Å². The molecule has 0 amide bonds. The summed E-state index contributed by atoms with van der Waals surface area (Å²) in [6.07, 6.45) is 2.35. The molecule has 30 heavy (non-hydrogen) atoms. The molecule has 0 fully saturated rings. The third-order valence-electron chi connectivity index (χ3n) is 5.62. The van der Waals surface area contributed by atoms with Gasteiger partial charge in [-0.1, -0.05) is 18.2 Å². The molecule has 2 heterocycles. The summed E-state index contributed by atoms with van der Waals surface area (Å²) in [7, 11) is 3.02. The number of fused-ring (bicyclic) bond motifs is 1. The second kappa shape index (κ2) is 8.12. The average molecular weight is 422 g/mol. The Kier molecular flexibility index (Phi) is 5.53. The zero-order valence-electron chi connectivity index (χ0n) is 16.9. The van der Waals surface area contributed by atoms with Gasteiger partial charge in [-0.25, -0.2) is 4.68 Å². The summed E-state index contributed by atoms with van der Waals surface area (Å²) in [6, 6.07) is 4.76. The third-order valence-corrected chi connectivity index (χ3v) is 5.62. The lowest BCUT2D eigenvalue weighted by Crippen LogP contribution is -2.35. The van der Waals surface area contributed by atoms with Gasteiger partial charge in [-0.05, 0) is 37.0 Å². The second-order valence-electron chi connectivity index (χ2n) is 7.59. The highest BCUT2D eigenvalue weighted by atomic mass is 19.4. The standard InChI is InChI=1S/C21H25F3N4O2/c1-29-16-9-8-13(10-17(16)30-2)15-11-18(21(22,23)24)28-20(26-15)12-19(27-28)25-14-6-4-3-5-7-14/h3-4,8-10,12,14-15,18,26H,5-7,11H2,1-2H3,(H,25,27). The first kappa shape index (κ1) is 20.4. The van der Waals surface area contributed by atoms with Crippen molar-refractivity contribution < 1.29 is 22.6 Å². The highest BCUT2D eigenvalue weighted by Crippen LogP contribution is 2.45. The number of allylic oxidation sites excluding steroid dienone is 1. The number of methoxy groups -OCH3 is 2. The molecule has 0 radical (unpaired) electrons. The van der Waals surface area contributed by atoms with Gasteiger partial charge in [-0.15, -0.1) is 0 Å². The molecule has 1 aliphatic carbocycles. The van der Waals surface area contributed by atoms with Gasteiger partial charge in [0, 0.05) is 18.5 Å². The van der Waals surface area contributed by atoms with Crippen LogP contribution in [0.4, 0.5) is 24.8 Å². The van der Waals surface area contributed by atoms with E-state index >= 15 is 0 Å². The van der Waals surface area contributed by atoms with Crippen molar-refractivity contribution in [3.8, 4) is 11.5 Å². The topological polar surface area (TPSA) is 60.3 Å². The number of anilines is 2. The third kappa shape index (κ3) is 4.06.